The van der Waals surface area contributed by atoms with Crippen LogP contribution < -0.4 is 5.32 Å². The summed E-state index contributed by atoms with van der Waals surface area (Å²) < 4.78 is 10.8. The van der Waals surface area contributed by atoms with Gasteiger partial charge in [0, 0.05) is 38.7 Å². The first-order valence-corrected chi connectivity index (χ1v) is 10.6. The molecule has 1 aromatic heterocycles. The summed E-state index contributed by atoms with van der Waals surface area (Å²) in [6, 6.07) is 1.77. The van der Waals surface area contributed by atoms with E-state index in [1.807, 2.05) is 4.90 Å². The molecular weight excluding hydrogens is 358 g/mol. The molecule has 1 N–H and O–H groups in total. The van der Waals surface area contributed by atoms with Crippen LogP contribution in [0.15, 0.2) is 10.6 Å². The second-order valence-electron chi connectivity index (χ2n) is 8.49. The predicted molar refractivity (Wildman–Crippen MR) is 105 cm³/mol. The van der Waals surface area contributed by atoms with Gasteiger partial charge in [-0.05, 0) is 50.4 Å². The molecule has 0 radical (unpaired) electrons. The first-order chi connectivity index (χ1) is 13.5. The average Bonchev–Trinajstić information content (AvgIpc) is 3.36. The molecule has 0 saturated carbocycles. The second-order valence-corrected chi connectivity index (χ2v) is 8.49. The van der Waals surface area contributed by atoms with Gasteiger partial charge in [-0.2, -0.15) is 0 Å². The van der Waals surface area contributed by atoms with Crippen LogP contribution in [0, 0.1) is 11.8 Å². The van der Waals surface area contributed by atoms with Crippen LogP contribution in [0.2, 0.25) is 0 Å². The maximum Gasteiger partial charge on any atom is 0.292 e. The van der Waals surface area contributed by atoms with Crippen molar-refractivity contribution in [2.24, 2.45) is 11.8 Å². The highest BCUT2D eigenvalue weighted by atomic mass is 16.5. The first-order valence-electron chi connectivity index (χ1n) is 10.6. The summed E-state index contributed by atoms with van der Waals surface area (Å²) in [6.07, 6.45) is 6.41. The molecule has 2 fully saturated rings. The second kappa shape index (κ2) is 10.0. The summed E-state index contributed by atoms with van der Waals surface area (Å²) in [6.45, 7) is 7.09. The van der Waals surface area contributed by atoms with E-state index in [4.69, 9.17) is 9.26 Å². The van der Waals surface area contributed by atoms with E-state index in [9.17, 15) is 9.59 Å². The molecule has 2 aliphatic rings. The van der Waals surface area contributed by atoms with Crippen LogP contribution in [-0.2, 0) is 16.0 Å². The molecule has 0 unspecified atom stereocenters. The molecule has 28 heavy (non-hydrogen) atoms. The topological polar surface area (TPSA) is 84.7 Å². The van der Waals surface area contributed by atoms with Gasteiger partial charge in [-0.15, -0.1) is 0 Å². The van der Waals surface area contributed by atoms with Gasteiger partial charge in [-0.25, -0.2) is 0 Å². The molecule has 0 spiro atoms. The van der Waals surface area contributed by atoms with Crippen molar-refractivity contribution >= 4 is 11.8 Å². The normalized spacial score (nSPS) is 20.7. The van der Waals surface area contributed by atoms with E-state index in [-0.39, 0.29) is 17.9 Å². The highest BCUT2D eigenvalue weighted by Gasteiger charge is 2.26. The number of nitrogens with one attached hydrogen (secondary N) is 1. The van der Waals surface area contributed by atoms with Crippen LogP contribution >= 0.6 is 0 Å². The highest BCUT2D eigenvalue weighted by molar-refractivity contribution is 5.91. The van der Waals surface area contributed by atoms with Crippen molar-refractivity contribution in [3.63, 3.8) is 0 Å². The molecule has 0 aliphatic carbocycles. The minimum absolute atomic E-state index is 0.0738. The summed E-state index contributed by atoms with van der Waals surface area (Å²) in [5.74, 6) is 1.33. The minimum atomic E-state index is -0.0738. The summed E-state index contributed by atoms with van der Waals surface area (Å²) in [4.78, 5) is 26.5. The van der Waals surface area contributed by atoms with Crippen LogP contribution in [0.3, 0.4) is 0 Å². The third-order valence-electron chi connectivity index (χ3n) is 5.62. The molecular formula is C21H33N3O4. The third-order valence-corrected chi connectivity index (χ3v) is 5.62. The van der Waals surface area contributed by atoms with E-state index in [2.05, 4.69) is 24.3 Å². The van der Waals surface area contributed by atoms with Crippen molar-refractivity contribution in [2.45, 2.75) is 64.9 Å². The monoisotopic (exact) mass is 391 g/mol. The molecule has 0 aromatic carbocycles. The number of ether oxygens (including phenoxy) is 1. The van der Waals surface area contributed by atoms with E-state index in [0.717, 1.165) is 50.8 Å². The zero-order valence-corrected chi connectivity index (χ0v) is 17.1. The fourth-order valence-electron chi connectivity index (χ4n) is 3.96. The maximum atomic E-state index is 12.6. The van der Waals surface area contributed by atoms with Crippen molar-refractivity contribution in [1.29, 1.82) is 0 Å². The predicted octanol–water partition coefficient (Wildman–Crippen LogP) is 2.80. The molecule has 1 atom stereocenters. The number of carbonyl (C=O) groups is 2. The maximum absolute atomic E-state index is 12.6. The van der Waals surface area contributed by atoms with Gasteiger partial charge >= 0.3 is 0 Å². The van der Waals surface area contributed by atoms with Gasteiger partial charge in [0.25, 0.3) is 5.91 Å². The minimum Gasteiger partial charge on any atom is -0.376 e. The van der Waals surface area contributed by atoms with Crippen LogP contribution in [0.4, 0.5) is 0 Å². The Kier molecular flexibility index (Phi) is 7.48. The van der Waals surface area contributed by atoms with Gasteiger partial charge in [0.05, 0.1) is 11.8 Å². The fourth-order valence-corrected chi connectivity index (χ4v) is 3.96. The van der Waals surface area contributed by atoms with Crippen LogP contribution in [0.5, 0.6) is 0 Å². The lowest BCUT2D eigenvalue weighted by Gasteiger charge is -2.31. The van der Waals surface area contributed by atoms with Crippen molar-refractivity contribution < 1.29 is 18.8 Å². The molecule has 7 nitrogen and oxygen atoms in total. The van der Waals surface area contributed by atoms with Gasteiger partial charge in [0.2, 0.25) is 11.7 Å². The smallest absolute Gasteiger partial charge is 0.292 e. The van der Waals surface area contributed by atoms with Gasteiger partial charge in [0.1, 0.15) is 0 Å². The lowest BCUT2D eigenvalue weighted by atomic mass is 9.92. The Morgan fingerprint density at radius 2 is 2.07 bits per heavy atom. The van der Waals surface area contributed by atoms with Gasteiger partial charge in [-0.1, -0.05) is 19.0 Å². The van der Waals surface area contributed by atoms with Gasteiger partial charge in [0.15, 0.2) is 0 Å². The standard InChI is InChI=1S/C21H33N3O4/c1-15(2)12-17-13-19(28-23-17)21(26)24-9-7-16(8-10-24)5-6-20(25)22-14-18-4-3-11-27-18/h13,15-16,18H,3-12,14H2,1-2H3,(H,22,25)/t18-/m0/s1. The number of nitrogens with zero attached hydrogens (tertiary/aromatic N) is 2. The summed E-state index contributed by atoms with van der Waals surface area (Å²) in [5, 5.41) is 6.99. The van der Waals surface area contributed by atoms with Gasteiger partial charge in [-0.3, -0.25) is 9.59 Å². The van der Waals surface area contributed by atoms with E-state index in [0.29, 0.717) is 43.7 Å². The van der Waals surface area contributed by atoms with Crippen LogP contribution in [0.1, 0.15) is 68.6 Å². The molecule has 2 aliphatic heterocycles. The Labute approximate surface area is 167 Å². The summed E-state index contributed by atoms with van der Waals surface area (Å²) in [5.41, 5.74) is 0.835. The molecule has 1 aromatic rings. The zero-order valence-electron chi connectivity index (χ0n) is 17.1. The molecule has 7 heteroatoms. The van der Waals surface area contributed by atoms with E-state index < -0.39 is 0 Å². The van der Waals surface area contributed by atoms with Crippen molar-refractivity contribution in [3.05, 3.63) is 17.5 Å². The Bertz CT molecular complexity index is 644. The average molecular weight is 392 g/mol. The lowest BCUT2D eigenvalue weighted by molar-refractivity contribution is -0.122. The Morgan fingerprint density at radius 1 is 1.29 bits per heavy atom. The number of piperidine rings is 1. The number of rotatable bonds is 8. The highest BCUT2D eigenvalue weighted by Crippen LogP contribution is 2.23. The molecule has 3 rings (SSSR count). The molecule has 156 valence electrons. The Balaban J connectivity index is 1.35. The Morgan fingerprint density at radius 3 is 2.75 bits per heavy atom. The first kappa shape index (κ1) is 20.8. The fraction of sp³-hybridized carbons (Fsp3) is 0.762. The number of aromatic nitrogens is 1. The molecule has 2 saturated heterocycles. The van der Waals surface area contributed by atoms with Crippen molar-refractivity contribution in [3.8, 4) is 0 Å². The van der Waals surface area contributed by atoms with Gasteiger partial charge < -0.3 is 19.5 Å². The number of likely N-dealkylation sites (tertiary alicyclic amines) is 1. The number of hydrogen-bond acceptors (Lipinski definition) is 5. The largest absolute Gasteiger partial charge is 0.376 e. The number of hydrogen-bond donors (Lipinski definition) is 1. The zero-order chi connectivity index (χ0) is 19.9. The van der Waals surface area contributed by atoms with Crippen LogP contribution in [-0.4, -0.2) is 54.2 Å². The third kappa shape index (κ3) is 6.06. The lowest BCUT2D eigenvalue weighted by Crippen LogP contribution is -2.38. The molecule has 2 amide bonds. The number of amides is 2. The van der Waals surface area contributed by atoms with E-state index >= 15 is 0 Å². The summed E-state index contributed by atoms with van der Waals surface area (Å²) >= 11 is 0. The molecule has 0 bridgehead atoms. The van der Waals surface area contributed by atoms with Crippen molar-refractivity contribution in [1.82, 2.24) is 15.4 Å². The number of carbonyl (C=O) groups excluding carboxylic acids is 2. The van der Waals surface area contributed by atoms with E-state index in [1.54, 1.807) is 6.07 Å². The summed E-state index contributed by atoms with van der Waals surface area (Å²) in [7, 11) is 0. The quantitative estimate of drug-likeness (QED) is 0.737. The van der Waals surface area contributed by atoms with Crippen LogP contribution in [0.25, 0.3) is 0 Å². The SMILES string of the molecule is CC(C)Cc1cc(C(=O)N2CCC(CCC(=O)NC[C@@H]3CCCO3)CC2)on1. The molecule has 3 heterocycles. The van der Waals surface area contributed by atoms with Crippen molar-refractivity contribution in [2.75, 3.05) is 26.2 Å². The van der Waals surface area contributed by atoms with E-state index in [1.165, 1.54) is 0 Å². The Hall–Kier alpha value is -1.89.